The highest BCUT2D eigenvalue weighted by molar-refractivity contribution is 5.99. The number of fused-ring (bicyclic) bond motifs is 2. The van der Waals surface area contributed by atoms with Crippen molar-refractivity contribution in [1.82, 2.24) is 4.98 Å². The summed E-state index contributed by atoms with van der Waals surface area (Å²) in [6, 6.07) is 14.4. The molecule has 1 aromatic heterocycles. The number of aromatic nitrogens is 1. The van der Waals surface area contributed by atoms with Gasteiger partial charge in [-0.3, -0.25) is 19.4 Å². The molecule has 9 nitrogen and oxygen atoms in total. The fourth-order valence-corrected chi connectivity index (χ4v) is 7.23. The first-order valence-corrected chi connectivity index (χ1v) is 13.5. The monoisotopic (exact) mass is 547 g/mol. The number of carbonyl (C=O) groups excluding carboxylic acids is 2. The van der Waals surface area contributed by atoms with Crippen LogP contribution >= 0.6 is 0 Å². The van der Waals surface area contributed by atoms with Crippen molar-refractivity contribution in [3.05, 3.63) is 100 Å². The first-order valence-electron chi connectivity index (χ1n) is 13.5. The van der Waals surface area contributed by atoms with Gasteiger partial charge in [0.15, 0.2) is 12.1 Å². The number of carbonyl (C=O) groups is 2. The summed E-state index contributed by atoms with van der Waals surface area (Å²) in [5.41, 5.74) is 1.04. The minimum absolute atomic E-state index is 0.194. The van der Waals surface area contributed by atoms with Crippen LogP contribution in [0.2, 0.25) is 0 Å². The summed E-state index contributed by atoms with van der Waals surface area (Å²) >= 11 is 0. The molecule has 206 valence electrons. The molecule has 0 bridgehead atoms. The van der Waals surface area contributed by atoms with Crippen LogP contribution in [0.15, 0.2) is 66.7 Å². The summed E-state index contributed by atoms with van der Waals surface area (Å²) in [5.74, 6) is -1.86. The predicted octanol–water partition coefficient (Wildman–Crippen LogP) is 4.40. The molecular formula is C29H27F2N5O4. The van der Waals surface area contributed by atoms with Gasteiger partial charge in [-0.1, -0.05) is 18.2 Å². The maximum atomic E-state index is 14.3. The van der Waals surface area contributed by atoms with Crippen LogP contribution in [0.4, 0.5) is 20.2 Å². The first-order chi connectivity index (χ1) is 19.2. The van der Waals surface area contributed by atoms with Crippen LogP contribution in [0.25, 0.3) is 0 Å². The average Bonchev–Trinajstić information content (AvgIpc) is 3.62. The standard InChI is InChI=1S/C29H27F2N5O4/c30-18-6-1-8-20(16-18)33-26(35(39)14-4-12-24(35)28(33)37)22-10-3-11-23(32-22)27-34(21-9-2-7-19(31)17-21)29(38)25-13-5-15-36(25,27)40/h1-3,6-11,16-17,24-27H,4-5,12-15H2/t24-,25-,26-,27-,35+,36+/m0/s1. The number of pyridine rings is 1. The number of nitrogens with zero attached hydrogens (tertiary/aromatic N) is 5. The maximum absolute atomic E-state index is 14.3. The van der Waals surface area contributed by atoms with Crippen molar-refractivity contribution in [2.75, 3.05) is 22.9 Å². The summed E-state index contributed by atoms with van der Waals surface area (Å²) in [5, 5.41) is 28.6. The van der Waals surface area contributed by atoms with Gasteiger partial charge < -0.3 is 19.7 Å². The minimum Gasteiger partial charge on any atom is -0.630 e. The molecule has 3 aromatic rings. The Bertz CT molecular complexity index is 1430. The fraction of sp³-hybridized carbons (Fsp3) is 0.345. The largest absolute Gasteiger partial charge is 0.630 e. The molecule has 0 spiro atoms. The van der Waals surface area contributed by atoms with Crippen LogP contribution in [0.1, 0.15) is 49.4 Å². The summed E-state index contributed by atoms with van der Waals surface area (Å²) < 4.78 is 26.8. The summed E-state index contributed by atoms with van der Waals surface area (Å²) in [4.78, 5) is 34.6. The lowest BCUT2D eigenvalue weighted by Crippen LogP contribution is -2.47. The highest BCUT2D eigenvalue weighted by Crippen LogP contribution is 2.50. The highest BCUT2D eigenvalue weighted by atomic mass is 19.1. The van der Waals surface area contributed by atoms with Gasteiger partial charge in [0, 0.05) is 25.7 Å². The summed E-state index contributed by atoms with van der Waals surface area (Å²) in [7, 11) is 0. The predicted molar refractivity (Wildman–Crippen MR) is 141 cm³/mol. The van der Waals surface area contributed by atoms with E-state index in [1.54, 1.807) is 30.3 Å². The Hall–Kier alpha value is -3.77. The third kappa shape index (κ3) is 3.48. The van der Waals surface area contributed by atoms with E-state index >= 15 is 0 Å². The molecule has 11 heteroatoms. The zero-order valence-corrected chi connectivity index (χ0v) is 21.5. The van der Waals surface area contributed by atoms with Gasteiger partial charge in [0.2, 0.25) is 12.3 Å². The zero-order valence-electron chi connectivity index (χ0n) is 21.5. The van der Waals surface area contributed by atoms with Crippen molar-refractivity contribution >= 4 is 23.2 Å². The van der Waals surface area contributed by atoms with Crippen LogP contribution in [-0.4, -0.2) is 51.3 Å². The maximum Gasteiger partial charge on any atom is 0.290 e. The molecule has 0 saturated carbocycles. The van der Waals surface area contributed by atoms with E-state index in [2.05, 4.69) is 0 Å². The van der Waals surface area contributed by atoms with Gasteiger partial charge in [-0.25, -0.2) is 13.8 Å². The molecule has 0 N–H and O–H groups in total. The van der Waals surface area contributed by atoms with Crippen molar-refractivity contribution in [2.45, 2.75) is 50.1 Å². The average molecular weight is 548 g/mol. The molecule has 0 aliphatic carbocycles. The third-order valence-corrected chi connectivity index (χ3v) is 8.88. The van der Waals surface area contributed by atoms with Crippen LogP contribution in [0, 0.1) is 22.0 Å². The quantitative estimate of drug-likeness (QED) is 0.356. The van der Waals surface area contributed by atoms with Crippen LogP contribution in [0.5, 0.6) is 0 Å². The van der Waals surface area contributed by atoms with Crippen molar-refractivity contribution < 1.29 is 27.7 Å². The molecule has 40 heavy (non-hydrogen) atoms. The van der Waals surface area contributed by atoms with Crippen molar-refractivity contribution in [3.8, 4) is 0 Å². The van der Waals surface area contributed by atoms with Crippen LogP contribution in [0.3, 0.4) is 0 Å². The molecule has 0 radical (unpaired) electrons. The lowest BCUT2D eigenvalue weighted by Gasteiger charge is -2.45. The van der Waals surface area contributed by atoms with E-state index in [1.807, 2.05) is 0 Å². The molecule has 4 fully saturated rings. The number of anilines is 2. The minimum atomic E-state index is -1.09. The lowest BCUT2D eigenvalue weighted by atomic mass is 10.1. The second-order valence-corrected chi connectivity index (χ2v) is 11.1. The molecular weight excluding hydrogens is 520 g/mol. The second-order valence-electron chi connectivity index (χ2n) is 11.1. The van der Waals surface area contributed by atoms with Crippen LogP contribution < -0.4 is 9.80 Å². The Morgan fingerprint density at radius 2 is 1.12 bits per heavy atom. The van der Waals surface area contributed by atoms with E-state index in [0.717, 1.165) is 0 Å². The van der Waals surface area contributed by atoms with Crippen molar-refractivity contribution in [2.24, 2.45) is 0 Å². The Kier molecular flexibility index (Phi) is 5.59. The van der Waals surface area contributed by atoms with Gasteiger partial charge in [-0.15, -0.1) is 0 Å². The summed E-state index contributed by atoms with van der Waals surface area (Å²) in [6.07, 6.45) is -0.208. The highest BCUT2D eigenvalue weighted by Gasteiger charge is 2.61. The van der Waals surface area contributed by atoms with Crippen molar-refractivity contribution in [1.29, 1.82) is 0 Å². The van der Waals surface area contributed by atoms with E-state index in [9.17, 15) is 28.8 Å². The molecule has 4 aliphatic rings. The van der Waals surface area contributed by atoms with Gasteiger partial charge >= 0.3 is 0 Å². The normalized spacial score (nSPS) is 33.1. The number of hydrogen-bond donors (Lipinski definition) is 0. The molecule has 6 atom stereocenters. The number of amides is 2. The summed E-state index contributed by atoms with van der Waals surface area (Å²) in [6.45, 7) is 0.388. The van der Waals surface area contributed by atoms with Gasteiger partial charge in [-0.2, -0.15) is 0 Å². The lowest BCUT2D eigenvalue weighted by molar-refractivity contribution is -0.905. The van der Waals surface area contributed by atoms with Crippen LogP contribution in [-0.2, 0) is 9.59 Å². The second kappa shape index (κ2) is 8.87. The van der Waals surface area contributed by atoms with Gasteiger partial charge in [0.1, 0.15) is 23.0 Å². The SMILES string of the molecule is O=C1[C@@H]2CCC[N@+]2([O-])[C@@H](c2cccc([C@H]3N(c4cccc(F)c4)C(=O)[C@@H]4CCC[N@@+]43[O-])n2)N1c1cccc(F)c1. The molecule has 4 aliphatic heterocycles. The number of quaternary nitrogens is 2. The Labute approximate surface area is 229 Å². The number of halogens is 2. The zero-order chi connectivity index (χ0) is 27.8. The molecule has 0 unspecified atom stereocenters. The molecule has 7 rings (SSSR count). The Balaban J connectivity index is 1.37. The number of benzene rings is 2. The molecule has 4 saturated heterocycles. The smallest absolute Gasteiger partial charge is 0.290 e. The van der Waals surface area contributed by atoms with E-state index in [1.165, 1.54) is 46.2 Å². The topological polar surface area (TPSA) is 99.6 Å². The number of hydroxylamine groups is 6. The van der Waals surface area contributed by atoms with Gasteiger partial charge in [-0.05, 0) is 48.5 Å². The molecule has 2 amide bonds. The molecule has 5 heterocycles. The van der Waals surface area contributed by atoms with E-state index < -0.39 is 45.3 Å². The number of hydrogen-bond acceptors (Lipinski definition) is 5. The number of rotatable bonds is 4. The Morgan fingerprint density at radius 1 is 0.700 bits per heavy atom. The Morgan fingerprint density at radius 3 is 1.55 bits per heavy atom. The fourth-order valence-electron chi connectivity index (χ4n) is 7.23. The van der Waals surface area contributed by atoms with E-state index in [-0.39, 0.29) is 47.7 Å². The third-order valence-electron chi connectivity index (χ3n) is 8.88. The molecule has 2 aromatic carbocycles. The first kappa shape index (κ1) is 25.2. The van der Waals surface area contributed by atoms with Gasteiger partial charge in [0.05, 0.1) is 24.5 Å². The van der Waals surface area contributed by atoms with E-state index in [0.29, 0.717) is 25.7 Å². The van der Waals surface area contributed by atoms with Gasteiger partial charge in [0.25, 0.3) is 11.8 Å². The van der Waals surface area contributed by atoms with E-state index in [4.69, 9.17) is 4.98 Å². The van der Waals surface area contributed by atoms with Crippen molar-refractivity contribution in [3.63, 3.8) is 0 Å².